The Morgan fingerprint density at radius 2 is 1.60 bits per heavy atom. The zero-order chi connectivity index (χ0) is 29.4. The molecule has 43 heavy (non-hydrogen) atoms. The Morgan fingerprint density at radius 3 is 2.28 bits per heavy atom. The molecule has 0 aliphatic carbocycles. The summed E-state index contributed by atoms with van der Waals surface area (Å²) < 4.78 is 2.09. The van der Waals surface area contributed by atoms with Crippen LogP contribution in [0.4, 0.5) is 0 Å². The molecule has 5 nitrogen and oxygen atoms in total. The summed E-state index contributed by atoms with van der Waals surface area (Å²) in [4.78, 5) is 9.73. The van der Waals surface area contributed by atoms with E-state index in [1.807, 2.05) is 78.9 Å². The minimum atomic E-state index is 0. The van der Waals surface area contributed by atoms with Crippen LogP contribution in [0.3, 0.4) is 0 Å². The number of pyridine rings is 1. The van der Waals surface area contributed by atoms with E-state index in [4.69, 9.17) is 4.98 Å². The number of rotatable bonds is 6. The van der Waals surface area contributed by atoms with Gasteiger partial charge >= 0.3 is 0 Å². The molecule has 0 amide bonds. The second-order valence-electron chi connectivity index (χ2n) is 11.1. The van der Waals surface area contributed by atoms with Crippen molar-refractivity contribution in [2.24, 2.45) is 0 Å². The van der Waals surface area contributed by atoms with Gasteiger partial charge in [0.05, 0.1) is 22.7 Å². The normalized spacial score (nSPS) is 11.1. The predicted octanol–water partition coefficient (Wildman–Crippen LogP) is 9.04. The summed E-state index contributed by atoms with van der Waals surface area (Å²) in [6.07, 6.45) is 1.75. The van der Waals surface area contributed by atoms with E-state index in [-0.39, 0.29) is 38.7 Å². The Morgan fingerprint density at radius 1 is 0.837 bits per heavy atom. The second-order valence-corrected chi connectivity index (χ2v) is 11.1. The molecule has 0 unspecified atom stereocenters. The monoisotopic (exact) mass is 742 g/mol. The number of phenolic OH excluding ortho intramolecular Hbond substituents is 1. The van der Waals surface area contributed by atoms with Crippen molar-refractivity contribution in [1.29, 1.82) is 5.26 Å². The van der Waals surface area contributed by atoms with E-state index < -0.39 is 0 Å². The van der Waals surface area contributed by atoms with Crippen LogP contribution >= 0.6 is 0 Å². The molecule has 216 valence electrons. The maximum atomic E-state index is 11.6. The number of fused-ring (bicyclic) bond motifs is 1. The van der Waals surface area contributed by atoms with Gasteiger partial charge in [-0.2, -0.15) is 0 Å². The van der Waals surface area contributed by atoms with Crippen LogP contribution in [0, 0.1) is 17.4 Å². The fourth-order valence-corrected chi connectivity index (χ4v) is 5.41. The van der Waals surface area contributed by atoms with Crippen LogP contribution in [0.2, 0.25) is 0 Å². The van der Waals surface area contributed by atoms with Gasteiger partial charge in [-0.25, -0.2) is 10.2 Å². The van der Waals surface area contributed by atoms with Crippen LogP contribution in [-0.4, -0.2) is 19.6 Å². The van der Waals surface area contributed by atoms with Crippen molar-refractivity contribution in [3.63, 3.8) is 0 Å². The molecule has 4 aromatic carbocycles. The number of hydrogen-bond donors (Lipinski definition) is 1. The van der Waals surface area contributed by atoms with Crippen molar-refractivity contribution in [2.75, 3.05) is 0 Å². The van der Waals surface area contributed by atoms with Crippen LogP contribution in [0.25, 0.3) is 50.5 Å². The number of phenols is 1. The van der Waals surface area contributed by atoms with Gasteiger partial charge in [0.1, 0.15) is 11.6 Å². The molecule has 2 heterocycles. The van der Waals surface area contributed by atoms with Crippen LogP contribution in [0.1, 0.15) is 56.2 Å². The van der Waals surface area contributed by atoms with Gasteiger partial charge in [0, 0.05) is 38.6 Å². The summed E-state index contributed by atoms with van der Waals surface area (Å²) in [6, 6.07) is 35.5. The fourth-order valence-electron chi connectivity index (χ4n) is 5.41. The maximum Gasteiger partial charge on any atom is 0.148 e. The Balaban J connectivity index is 0.00000368. The summed E-state index contributed by atoms with van der Waals surface area (Å²) >= 11 is 0. The van der Waals surface area contributed by atoms with Gasteiger partial charge in [0.2, 0.25) is 0 Å². The zero-order valence-electron chi connectivity index (χ0n) is 24.4. The SMILES string of the molecule is CC(C)c1cc(-c2nc3c(-c4[c-]c(-c5ccccn5)ccc4C#N)cccc3n2-c2ccccc2)c(O)c(C(C)C)c1.[Pt]. The van der Waals surface area contributed by atoms with Crippen LogP contribution in [0.15, 0.2) is 97.2 Å². The molecule has 0 atom stereocenters. The van der Waals surface area contributed by atoms with Gasteiger partial charge in [-0.3, -0.25) is 9.55 Å². The number of aromatic hydroxyl groups is 1. The van der Waals surface area contributed by atoms with Gasteiger partial charge in [-0.05, 0) is 58.9 Å². The summed E-state index contributed by atoms with van der Waals surface area (Å²) in [6.45, 7) is 8.50. The standard InChI is InChI=1S/C37H31N4O.Pt/c1-23(2)27-20-30(24(3)4)36(42)32(21-27)37-40-35-29(13-10-15-34(35)41(37)28-11-6-5-7-12-28)31-19-25(16-17-26(31)22-38)33-14-8-9-18-39-33;/h5-18,20-21,23-24,42H,1-4H3;/q-1;. The molecule has 0 saturated heterocycles. The maximum absolute atomic E-state index is 11.6. The third-order valence-corrected chi connectivity index (χ3v) is 7.67. The third kappa shape index (κ3) is 5.52. The molecule has 0 aliphatic heterocycles. The number of nitrogens with zero attached hydrogens (tertiary/aromatic N) is 4. The largest absolute Gasteiger partial charge is 0.507 e. The van der Waals surface area contributed by atoms with Gasteiger partial charge < -0.3 is 5.11 Å². The Hall–Kier alpha value is -4.52. The van der Waals surface area contributed by atoms with E-state index in [0.29, 0.717) is 22.5 Å². The number of nitriles is 1. The smallest absolute Gasteiger partial charge is 0.148 e. The van der Waals surface area contributed by atoms with Gasteiger partial charge in [-0.15, -0.1) is 18.2 Å². The Labute approximate surface area is 266 Å². The Kier molecular flexibility index (Phi) is 8.62. The molecule has 0 radical (unpaired) electrons. The molecule has 0 aliphatic rings. The molecule has 2 aromatic heterocycles. The van der Waals surface area contributed by atoms with Crippen molar-refractivity contribution >= 4 is 11.0 Å². The quantitative estimate of drug-likeness (QED) is 0.173. The number of hydrogen-bond acceptors (Lipinski definition) is 4. The molecule has 1 N–H and O–H groups in total. The molecule has 6 heteroatoms. The summed E-state index contributed by atoms with van der Waals surface area (Å²) in [7, 11) is 0. The first kappa shape index (κ1) is 30.0. The first-order valence-corrected chi connectivity index (χ1v) is 14.2. The summed E-state index contributed by atoms with van der Waals surface area (Å²) in [5.74, 6) is 1.29. The van der Waals surface area contributed by atoms with Gasteiger partial charge in [0.25, 0.3) is 0 Å². The first-order valence-electron chi connectivity index (χ1n) is 14.2. The molecule has 6 aromatic rings. The van der Waals surface area contributed by atoms with E-state index in [1.54, 1.807) is 6.20 Å². The van der Waals surface area contributed by atoms with Gasteiger partial charge in [-0.1, -0.05) is 92.9 Å². The average Bonchev–Trinajstić information content (AvgIpc) is 3.41. The molecule has 0 spiro atoms. The number of benzene rings is 4. The molecule has 0 saturated carbocycles. The van der Waals surface area contributed by atoms with Crippen molar-refractivity contribution in [1.82, 2.24) is 14.5 Å². The van der Waals surface area contributed by atoms with Gasteiger partial charge in [0.15, 0.2) is 0 Å². The molecule has 0 bridgehead atoms. The van der Waals surface area contributed by atoms with E-state index in [0.717, 1.165) is 44.7 Å². The second kappa shape index (κ2) is 12.4. The van der Waals surface area contributed by atoms with Crippen molar-refractivity contribution in [2.45, 2.75) is 39.5 Å². The van der Waals surface area contributed by atoms with E-state index in [1.165, 1.54) is 0 Å². The molecule has 6 rings (SSSR count). The third-order valence-electron chi connectivity index (χ3n) is 7.67. The average molecular weight is 743 g/mol. The molecule has 0 fully saturated rings. The Bertz CT molecular complexity index is 1960. The fraction of sp³-hybridized carbons (Fsp3) is 0.162. The van der Waals surface area contributed by atoms with E-state index >= 15 is 0 Å². The summed E-state index contributed by atoms with van der Waals surface area (Å²) in [5, 5.41) is 21.7. The number of para-hydroxylation sites is 2. The van der Waals surface area contributed by atoms with E-state index in [9.17, 15) is 10.4 Å². The molecular weight excluding hydrogens is 712 g/mol. The minimum absolute atomic E-state index is 0. The van der Waals surface area contributed by atoms with E-state index in [2.05, 4.69) is 61.5 Å². The predicted molar refractivity (Wildman–Crippen MR) is 169 cm³/mol. The summed E-state index contributed by atoms with van der Waals surface area (Å²) in [5.41, 5.74) is 8.78. The zero-order valence-corrected chi connectivity index (χ0v) is 26.7. The van der Waals surface area contributed by atoms with Crippen LogP contribution in [-0.2, 0) is 21.1 Å². The molecular formula is C37H31N4OPt-. The topological polar surface area (TPSA) is 74.7 Å². The number of aromatic nitrogens is 3. The minimum Gasteiger partial charge on any atom is -0.507 e. The number of imidazole rings is 1. The van der Waals surface area contributed by atoms with Crippen molar-refractivity contribution in [3.8, 4) is 51.3 Å². The van der Waals surface area contributed by atoms with Crippen molar-refractivity contribution in [3.05, 3.63) is 120 Å². The van der Waals surface area contributed by atoms with Crippen LogP contribution < -0.4 is 0 Å². The van der Waals surface area contributed by atoms with Crippen LogP contribution in [0.5, 0.6) is 5.75 Å². The first-order chi connectivity index (χ1) is 20.4. The van der Waals surface area contributed by atoms with Crippen molar-refractivity contribution < 1.29 is 26.2 Å².